The molecule has 1 aromatic carbocycles. The summed E-state index contributed by atoms with van der Waals surface area (Å²) in [4.78, 5) is 25.7. The normalized spacial score (nSPS) is 20.5. The fourth-order valence-corrected chi connectivity index (χ4v) is 4.26. The van der Waals surface area contributed by atoms with Gasteiger partial charge in [0, 0.05) is 17.5 Å². The van der Waals surface area contributed by atoms with Gasteiger partial charge in [-0.25, -0.2) is 9.59 Å². The van der Waals surface area contributed by atoms with Crippen molar-refractivity contribution in [3.8, 4) is 5.75 Å². The summed E-state index contributed by atoms with van der Waals surface area (Å²) in [6.07, 6.45) is 0.972. The minimum absolute atomic E-state index is 0.170. The minimum atomic E-state index is -0.984. The molecule has 1 aliphatic rings. The minimum Gasteiger partial charge on any atom is -0.497 e. The lowest BCUT2D eigenvalue weighted by atomic mass is 10.0. The number of rotatable bonds is 5. The second kappa shape index (κ2) is 8.66. The lowest BCUT2D eigenvalue weighted by Gasteiger charge is -2.39. The monoisotopic (exact) mass is 381 g/mol. The topological polar surface area (TPSA) is 76.1 Å². The maximum atomic E-state index is 12.4. The first-order chi connectivity index (χ1) is 12.2. The number of likely N-dealkylation sites (tertiary alicyclic amines) is 1. The van der Waals surface area contributed by atoms with E-state index >= 15 is 0 Å². The number of methoxy groups -OCH3 is 1. The van der Waals surface area contributed by atoms with Gasteiger partial charge < -0.3 is 14.6 Å². The van der Waals surface area contributed by atoms with Crippen LogP contribution in [0, 0.1) is 0 Å². The van der Waals surface area contributed by atoms with Gasteiger partial charge in [-0.15, -0.1) is 0 Å². The summed E-state index contributed by atoms with van der Waals surface area (Å²) < 4.78 is 10.5. The first-order valence-corrected chi connectivity index (χ1v) is 9.73. The van der Waals surface area contributed by atoms with Crippen molar-refractivity contribution in [2.75, 3.05) is 13.7 Å². The van der Waals surface area contributed by atoms with Crippen molar-refractivity contribution in [2.45, 2.75) is 56.3 Å². The summed E-state index contributed by atoms with van der Waals surface area (Å²) in [5.41, 5.74) is 0.442. The highest BCUT2D eigenvalue weighted by Gasteiger charge is 2.41. The average molecular weight is 381 g/mol. The zero-order valence-corrected chi connectivity index (χ0v) is 16.5. The number of amides is 1. The number of nitrogens with zero attached hydrogens (tertiary/aromatic N) is 1. The number of aliphatic carboxylic acids is 1. The third-order valence-electron chi connectivity index (χ3n) is 4.08. The molecule has 0 bridgehead atoms. The van der Waals surface area contributed by atoms with Crippen molar-refractivity contribution in [1.29, 1.82) is 0 Å². The average Bonchev–Trinajstić information content (AvgIpc) is 2.58. The summed E-state index contributed by atoms with van der Waals surface area (Å²) in [6, 6.07) is 6.84. The number of thioether (sulfide) groups is 1. The van der Waals surface area contributed by atoms with Gasteiger partial charge in [0.2, 0.25) is 0 Å². The summed E-state index contributed by atoms with van der Waals surface area (Å²) in [6.45, 7) is 5.74. The number of piperidine rings is 1. The maximum Gasteiger partial charge on any atom is 0.411 e. The molecular weight excluding hydrogens is 354 g/mol. The molecule has 144 valence electrons. The molecule has 1 amide bonds. The quantitative estimate of drug-likeness (QED) is 0.836. The van der Waals surface area contributed by atoms with Crippen molar-refractivity contribution in [3.63, 3.8) is 0 Å². The number of carbonyl (C=O) groups is 2. The van der Waals surface area contributed by atoms with Gasteiger partial charge in [-0.3, -0.25) is 4.90 Å². The largest absolute Gasteiger partial charge is 0.497 e. The molecule has 1 N–H and O–H groups in total. The molecular formula is C19H27NO5S. The first-order valence-electron chi connectivity index (χ1n) is 8.68. The fourth-order valence-electron chi connectivity index (χ4n) is 2.88. The highest BCUT2D eigenvalue weighted by molar-refractivity contribution is 7.99. The molecule has 0 aliphatic carbocycles. The SMILES string of the molecule is COc1ccc(CS[C@@H]2CCCN(C(=O)OC(C)(C)C)[C@@H]2C(=O)O)cc1. The Balaban J connectivity index is 2.06. The lowest BCUT2D eigenvalue weighted by molar-refractivity contribution is -0.144. The number of benzene rings is 1. The Labute approximate surface area is 158 Å². The molecule has 1 aromatic rings. The van der Waals surface area contributed by atoms with E-state index in [0.29, 0.717) is 12.3 Å². The fraction of sp³-hybridized carbons (Fsp3) is 0.579. The first kappa shape index (κ1) is 20.4. The molecule has 1 saturated heterocycles. The third-order valence-corrected chi connectivity index (χ3v) is 5.50. The summed E-state index contributed by atoms with van der Waals surface area (Å²) >= 11 is 1.57. The smallest absolute Gasteiger partial charge is 0.411 e. The van der Waals surface area contributed by atoms with E-state index in [1.165, 1.54) is 4.90 Å². The molecule has 2 rings (SSSR count). The van der Waals surface area contributed by atoms with Gasteiger partial charge in [0.15, 0.2) is 0 Å². The Morgan fingerprint density at radius 1 is 1.27 bits per heavy atom. The Bertz CT molecular complexity index is 626. The molecule has 0 saturated carbocycles. The van der Waals surface area contributed by atoms with Crippen LogP contribution in [-0.4, -0.2) is 52.6 Å². The highest BCUT2D eigenvalue weighted by Crippen LogP contribution is 2.32. The summed E-state index contributed by atoms with van der Waals surface area (Å²) in [5, 5.41) is 9.54. The predicted molar refractivity (Wildman–Crippen MR) is 102 cm³/mol. The Morgan fingerprint density at radius 3 is 2.46 bits per heavy atom. The van der Waals surface area contributed by atoms with E-state index in [1.54, 1.807) is 39.6 Å². The van der Waals surface area contributed by atoms with E-state index in [9.17, 15) is 14.7 Å². The molecule has 2 atom stereocenters. The third kappa shape index (κ3) is 5.56. The van der Waals surface area contributed by atoms with Gasteiger partial charge in [-0.2, -0.15) is 11.8 Å². The predicted octanol–water partition coefficient (Wildman–Crippen LogP) is 3.78. The number of carboxylic acid groups (broad SMARTS) is 1. The number of carbonyl (C=O) groups excluding carboxylic acids is 1. The second-order valence-electron chi connectivity index (χ2n) is 7.30. The number of carboxylic acids is 1. The van der Waals surface area contributed by atoms with Crippen LogP contribution >= 0.6 is 11.8 Å². The molecule has 26 heavy (non-hydrogen) atoms. The van der Waals surface area contributed by atoms with Crippen molar-refractivity contribution in [3.05, 3.63) is 29.8 Å². The molecule has 0 unspecified atom stereocenters. The molecule has 7 heteroatoms. The van der Waals surface area contributed by atoms with Crippen LogP contribution in [0.25, 0.3) is 0 Å². The number of ether oxygens (including phenoxy) is 2. The van der Waals surface area contributed by atoms with Crippen LogP contribution in [0.3, 0.4) is 0 Å². The van der Waals surface area contributed by atoms with Gasteiger partial charge in [0.25, 0.3) is 0 Å². The van der Waals surface area contributed by atoms with Gasteiger partial charge in [-0.1, -0.05) is 12.1 Å². The summed E-state index contributed by atoms with van der Waals surface area (Å²) in [5.74, 6) is 0.486. The molecule has 0 spiro atoms. The zero-order chi connectivity index (χ0) is 19.3. The van der Waals surface area contributed by atoms with Crippen molar-refractivity contribution in [2.24, 2.45) is 0 Å². The molecule has 1 aliphatic heterocycles. The van der Waals surface area contributed by atoms with Gasteiger partial charge in [-0.05, 0) is 51.3 Å². The van der Waals surface area contributed by atoms with Crippen LogP contribution < -0.4 is 4.74 Å². The van der Waals surface area contributed by atoms with E-state index < -0.39 is 23.7 Å². The Hall–Kier alpha value is -1.89. The second-order valence-corrected chi connectivity index (χ2v) is 8.52. The Morgan fingerprint density at radius 2 is 1.92 bits per heavy atom. The van der Waals surface area contributed by atoms with E-state index in [0.717, 1.165) is 24.2 Å². The van der Waals surface area contributed by atoms with E-state index in [1.807, 2.05) is 24.3 Å². The van der Waals surface area contributed by atoms with Gasteiger partial charge in [0.05, 0.1) is 7.11 Å². The standard InChI is InChI=1S/C19H27NO5S/c1-19(2,3)25-18(23)20-11-5-6-15(16(20)17(21)22)26-12-13-7-9-14(24-4)10-8-13/h7-10,15-16H,5-6,11-12H2,1-4H3,(H,21,22)/t15-,16+/m1/s1. The van der Waals surface area contributed by atoms with Gasteiger partial charge in [0.1, 0.15) is 17.4 Å². The van der Waals surface area contributed by atoms with E-state index in [4.69, 9.17) is 9.47 Å². The van der Waals surface area contributed by atoms with Crippen LogP contribution in [0.1, 0.15) is 39.2 Å². The van der Waals surface area contributed by atoms with Crippen molar-refractivity contribution < 1.29 is 24.2 Å². The maximum absolute atomic E-state index is 12.4. The lowest BCUT2D eigenvalue weighted by Crippen LogP contribution is -2.55. The molecule has 6 nitrogen and oxygen atoms in total. The number of hydrogen-bond donors (Lipinski definition) is 1. The van der Waals surface area contributed by atoms with Crippen molar-refractivity contribution in [1.82, 2.24) is 4.90 Å². The highest BCUT2D eigenvalue weighted by atomic mass is 32.2. The molecule has 0 aromatic heterocycles. The van der Waals surface area contributed by atoms with Crippen LogP contribution in [0.4, 0.5) is 4.79 Å². The van der Waals surface area contributed by atoms with Gasteiger partial charge >= 0.3 is 12.1 Å². The molecule has 1 heterocycles. The zero-order valence-electron chi connectivity index (χ0n) is 15.7. The van der Waals surface area contributed by atoms with Crippen molar-refractivity contribution >= 4 is 23.8 Å². The summed E-state index contributed by atoms with van der Waals surface area (Å²) in [7, 11) is 1.62. The van der Waals surface area contributed by atoms with Crippen LogP contribution in [0.2, 0.25) is 0 Å². The number of hydrogen-bond acceptors (Lipinski definition) is 5. The van der Waals surface area contributed by atoms with Crippen LogP contribution in [0.15, 0.2) is 24.3 Å². The Kier molecular flexibility index (Phi) is 6.81. The molecule has 1 fully saturated rings. The van der Waals surface area contributed by atoms with E-state index in [2.05, 4.69) is 0 Å². The van der Waals surface area contributed by atoms with Crippen LogP contribution in [-0.2, 0) is 15.3 Å². The van der Waals surface area contributed by atoms with Crippen LogP contribution in [0.5, 0.6) is 5.75 Å². The molecule has 0 radical (unpaired) electrons. The van der Waals surface area contributed by atoms with E-state index in [-0.39, 0.29) is 5.25 Å².